The molecule has 1 aromatic rings. The van der Waals surface area contributed by atoms with Gasteiger partial charge in [0.2, 0.25) is 0 Å². The summed E-state index contributed by atoms with van der Waals surface area (Å²) in [6, 6.07) is 4.99. The molecule has 0 aromatic heterocycles. The van der Waals surface area contributed by atoms with E-state index in [1.807, 2.05) is 6.07 Å². The van der Waals surface area contributed by atoms with Crippen LogP contribution < -0.4 is 5.32 Å². The van der Waals surface area contributed by atoms with Crippen LogP contribution in [0.5, 0.6) is 0 Å². The van der Waals surface area contributed by atoms with Crippen LogP contribution in [0.25, 0.3) is 0 Å². The Bertz CT molecular complexity index is 519. The van der Waals surface area contributed by atoms with Gasteiger partial charge in [0, 0.05) is 25.2 Å². The van der Waals surface area contributed by atoms with E-state index in [2.05, 4.69) is 5.32 Å². The number of nitro benzene ring substituents is 1. The van der Waals surface area contributed by atoms with Gasteiger partial charge in [-0.25, -0.2) is 0 Å². The summed E-state index contributed by atoms with van der Waals surface area (Å²) < 4.78 is 31.6. The summed E-state index contributed by atoms with van der Waals surface area (Å²) in [5, 5.41) is 13.5. The number of fused-ring (bicyclic) bond motifs is 1. The van der Waals surface area contributed by atoms with Gasteiger partial charge in [0.1, 0.15) is 0 Å². The SMILES string of the molecule is O=S(=O)(O)O.O=[N+]([O-])c1ccc2c(c1)CNC2. The molecule has 1 aromatic carbocycles. The van der Waals surface area contributed by atoms with E-state index >= 15 is 0 Å². The molecule has 2 rings (SSSR count). The second-order valence-electron chi connectivity index (χ2n) is 3.26. The molecule has 94 valence electrons. The molecule has 0 radical (unpaired) electrons. The van der Waals surface area contributed by atoms with Crippen LogP contribution >= 0.6 is 0 Å². The van der Waals surface area contributed by atoms with E-state index < -0.39 is 10.4 Å². The van der Waals surface area contributed by atoms with Crippen molar-refractivity contribution in [1.29, 1.82) is 0 Å². The average Bonchev–Trinajstić information content (AvgIpc) is 2.60. The Kier molecular flexibility index (Phi) is 4.12. The van der Waals surface area contributed by atoms with Crippen molar-refractivity contribution in [2.45, 2.75) is 13.1 Å². The lowest BCUT2D eigenvalue weighted by Crippen LogP contribution is -1.99. The van der Waals surface area contributed by atoms with Crippen LogP contribution in [0, 0.1) is 10.1 Å². The number of benzene rings is 1. The molecule has 0 atom stereocenters. The molecule has 17 heavy (non-hydrogen) atoms. The minimum atomic E-state index is -4.67. The summed E-state index contributed by atoms with van der Waals surface area (Å²) in [6.45, 7) is 1.57. The highest BCUT2D eigenvalue weighted by Gasteiger charge is 2.13. The van der Waals surface area contributed by atoms with Crippen molar-refractivity contribution in [1.82, 2.24) is 5.32 Å². The molecule has 3 N–H and O–H groups in total. The molecule has 1 aliphatic heterocycles. The van der Waals surface area contributed by atoms with E-state index in [1.54, 1.807) is 12.1 Å². The minimum Gasteiger partial charge on any atom is -0.309 e. The number of non-ortho nitro benzene ring substituents is 1. The van der Waals surface area contributed by atoms with Gasteiger partial charge in [-0.1, -0.05) is 6.07 Å². The first-order chi connectivity index (χ1) is 7.77. The Morgan fingerprint density at radius 3 is 2.29 bits per heavy atom. The molecular weight excluding hydrogens is 252 g/mol. The van der Waals surface area contributed by atoms with E-state index in [-0.39, 0.29) is 10.6 Å². The van der Waals surface area contributed by atoms with Crippen LogP contribution in [0.15, 0.2) is 18.2 Å². The molecular formula is C8H10N2O6S. The van der Waals surface area contributed by atoms with Gasteiger partial charge in [0.05, 0.1) is 4.92 Å². The molecule has 9 heteroatoms. The third kappa shape index (κ3) is 4.87. The van der Waals surface area contributed by atoms with E-state index in [1.165, 1.54) is 5.56 Å². The molecule has 1 heterocycles. The maximum Gasteiger partial charge on any atom is 0.394 e. The van der Waals surface area contributed by atoms with Crippen molar-refractivity contribution in [3.05, 3.63) is 39.4 Å². The zero-order valence-electron chi connectivity index (χ0n) is 8.53. The first kappa shape index (κ1) is 13.5. The fourth-order valence-electron chi connectivity index (χ4n) is 1.39. The van der Waals surface area contributed by atoms with Crippen LogP contribution in [0.3, 0.4) is 0 Å². The molecule has 0 aliphatic carbocycles. The zero-order valence-corrected chi connectivity index (χ0v) is 9.35. The normalized spacial score (nSPS) is 13.5. The van der Waals surface area contributed by atoms with Gasteiger partial charge in [0.15, 0.2) is 0 Å². The quantitative estimate of drug-likeness (QED) is 0.382. The zero-order chi connectivity index (χ0) is 13.1. The van der Waals surface area contributed by atoms with E-state index in [0.29, 0.717) is 0 Å². The molecule has 1 aliphatic rings. The highest BCUT2D eigenvalue weighted by atomic mass is 32.3. The minimum absolute atomic E-state index is 0.178. The lowest BCUT2D eigenvalue weighted by molar-refractivity contribution is -0.384. The van der Waals surface area contributed by atoms with Crippen molar-refractivity contribution >= 4 is 16.1 Å². The number of hydrogen-bond donors (Lipinski definition) is 3. The highest BCUT2D eigenvalue weighted by molar-refractivity contribution is 7.79. The van der Waals surface area contributed by atoms with Crippen LogP contribution in [-0.2, 0) is 23.5 Å². The number of nitro groups is 1. The van der Waals surface area contributed by atoms with Crippen molar-refractivity contribution in [2.75, 3.05) is 0 Å². The smallest absolute Gasteiger partial charge is 0.309 e. The summed E-state index contributed by atoms with van der Waals surface area (Å²) in [5.74, 6) is 0. The van der Waals surface area contributed by atoms with Crippen LogP contribution in [0.1, 0.15) is 11.1 Å². The topological polar surface area (TPSA) is 130 Å². The molecule has 8 nitrogen and oxygen atoms in total. The third-order valence-corrected chi connectivity index (χ3v) is 2.03. The maximum atomic E-state index is 10.4. The summed E-state index contributed by atoms with van der Waals surface area (Å²) >= 11 is 0. The van der Waals surface area contributed by atoms with Gasteiger partial charge in [-0.05, 0) is 11.1 Å². The monoisotopic (exact) mass is 262 g/mol. The lowest BCUT2D eigenvalue weighted by atomic mass is 10.1. The second-order valence-corrected chi connectivity index (χ2v) is 4.16. The number of nitrogens with one attached hydrogen (secondary N) is 1. The Hall–Kier alpha value is -1.55. The number of rotatable bonds is 1. The fraction of sp³-hybridized carbons (Fsp3) is 0.250. The molecule has 0 spiro atoms. The molecule has 0 saturated heterocycles. The fourth-order valence-corrected chi connectivity index (χ4v) is 1.39. The van der Waals surface area contributed by atoms with Gasteiger partial charge in [-0.2, -0.15) is 8.42 Å². The van der Waals surface area contributed by atoms with E-state index in [4.69, 9.17) is 17.5 Å². The molecule has 0 unspecified atom stereocenters. The molecule has 0 amide bonds. The third-order valence-electron chi connectivity index (χ3n) is 2.03. The Morgan fingerprint density at radius 1 is 1.24 bits per heavy atom. The Balaban J connectivity index is 0.000000249. The number of nitrogens with zero attached hydrogens (tertiary/aromatic N) is 1. The van der Waals surface area contributed by atoms with E-state index in [0.717, 1.165) is 18.7 Å². The van der Waals surface area contributed by atoms with Gasteiger partial charge < -0.3 is 5.32 Å². The predicted octanol–water partition coefficient (Wildman–Crippen LogP) is 0.545. The maximum absolute atomic E-state index is 10.4. The van der Waals surface area contributed by atoms with Crippen LogP contribution in [-0.4, -0.2) is 22.4 Å². The molecule has 0 bridgehead atoms. The van der Waals surface area contributed by atoms with Crippen molar-refractivity contribution in [2.24, 2.45) is 0 Å². The van der Waals surface area contributed by atoms with Crippen LogP contribution in [0.2, 0.25) is 0 Å². The Labute approximate surface area is 97.0 Å². The van der Waals surface area contributed by atoms with Gasteiger partial charge in [-0.3, -0.25) is 19.2 Å². The summed E-state index contributed by atoms with van der Waals surface area (Å²) in [6.07, 6.45) is 0. The van der Waals surface area contributed by atoms with E-state index in [9.17, 15) is 10.1 Å². The van der Waals surface area contributed by atoms with Crippen molar-refractivity contribution < 1.29 is 22.4 Å². The first-order valence-electron chi connectivity index (χ1n) is 4.44. The van der Waals surface area contributed by atoms with Crippen molar-refractivity contribution in [3.63, 3.8) is 0 Å². The second kappa shape index (κ2) is 5.19. The molecule has 0 saturated carbocycles. The average molecular weight is 262 g/mol. The Morgan fingerprint density at radius 2 is 1.76 bits per heavy atom. The number of hydrogen-bond acceptors (Lipinski definition) is 5. The standard InChI is InChI=1S/C8H8N2O2.H2O4S/c11-10(12)8-2-1-6-4-9-5-7(6)3-8;1-5(2,3)4/h1-3,9H,4-5H2;(H2,1,2,3,4). The van der Waals surface area contributed by atoms with Gasteiger partial charge >= 0.3 is 10.4 Å². The largest absolute Gasteiger partial charge is 0.394 e. The summed E-state index contributed by atoms with van der Waals surface area (Å²) in [5.41, 5.74) is 2.39. The molecule has 0 fully saturated rings. The highest BCUT2D eigenvalue weighted by Crippen LogP contribution is 2.20. The van der Waals surface area contributed by atoms with Gasteiger partial charge in [0.25, 0.3) is 5.69 Å². The lowest BCUT2D eigenvalue weighted by Gasteiger charge is -1.95. The predicted molar refractivity (Wildman–Crippen MR) is 57.8 cm³/mol. The van der Waals surface area contributed by atoms with Gasteiger partial charge in [-0.15, -0.1) is 0 Å². The van der Waals surface area contributed by atoms with Crippen molar-refractivity contribution in [3.8, 4) is 0 Å². The summed E-state index contributed by atoms with van der Waals surface area (Å²) in [4.78, 5) is 10.0. The first-order valence-corrected chi connectivity index (χ1v) is 5.84. The summed E-state index contributed by atoms with van der Waals surface area (Å²) in [7, 11) is -4.67. The van der Waals surface area contributed by atoms with Crippen LogP contribution in [0.4, 0.5) is 5.69 Å².